The molecule has 0 spiro atoms. The first kappa shape index (κ1) is 12.8. The summed E-state index contributed by atoms with van der Waals surface area (Å²) >= 11 is 0. The summed E-state index contributed by atoms with van der Waals surface area (Å²) in [6, 6.07) is 5.78. The molecule has 1 aromatic carbocycles. The number of hydrogen-bond donors (Lipinski definition) is 0. The molecule has 0 saturated heterocycles. The number of nitrogens with zero attached hydrogens (tertiary/aromatic N) is 1. The van der Waals surface area contributed by atoms with Crippen molar-refractivity contribution < 1.29 is 9.18 Å². The predicted octanol–water partition coefficient (Wildman–Crippen LogP) is 3.85. The molecule has 0 aromatic heterocycles. The van der Waals surface area contributed by atoms with E-state index < -0.39 is 5.82 Å². The van der Waals surface area contributed by atoms with Crippen LogP contribution >= 0.6 is 0 Å². The lowest BCUT2D eigenvalue weighted by Crippen LogP contribution is -2.03. The third-order valence-corrected chi connectivity index (χ3v) is 3.66. The van der Waals surface area contributed by atoms with E-state index in [4.69, 9.17) is 5.26 Å². The second-order valence-corrected chi connectivity index (χ2v) is 4.92. The van der Waals surface area contributed by atoms with E-state index in [2.05, 4.69) is 0 Å². The monoisotopic (exact) mass is 245 g/mol. The van der Waals surface area contributed by atoms with Crippen molar-refractivity contribution in [3.8, 4) is 6.07 Å². The highest BCUT2D eigenvalue weighted by molar-refractivity contribution is 5.96. The van der Waals surface area contributed by atoms with Gasteiger partial charge < -0.3 is 0 Å². The van der Waals surface area contributed by atoms with Crippen LogP contribution in [0, 0.1) is 23.1 Å². The minimum Gasteiger partial charge on any atom is -0.294 e. The van der Waals surface area contributed by atoms with Crippen molar-refractivity contribution in [2.24, 2.45) is 5.92 Å². The number of carbonyl (C=O) groups excluding carboxylic acids is 1. The summed E-state index contributed by atoms with van der Waals surface area (Å²) in [6.45, 7) is 0. The highest BCUT2D eigenvalue weighted by atomic mass is 19.1. The Morgan fingerprint density at radius 3 is 2.78 bits per heavy atom. The standard InChI is InChI=1S/C15H16FNO/c16-14-7-6-12(9-13(14)10-17)15(18)8-5-11-3-1-2-4-11/h6-7,9,11H,1-5,8H2. The van der Waals surface area contributed by atoms with Gasteiger partial charge >= 0.3 is 0 Å². The van der Waals surface area contributed by atoms with Gasteiger partial charge in [-0.05, 0) is 30.5 Å². The quantitative estimate of drug-likeness (QED) is 0.756. The summed E-state index contributed by atoms with van der Waals surface area (Å²) in [5.41, 5.74) is 0.396. The van der Waals surface area contributed by atoms with E-state index in [1.54, 1.807) is 6.07 Å². The molecule has 2 nitrogen and oxygen atoms in total. The Balaban J connectivity index is 1.98. The zero-order valence-electron chi connectivity index (χ0n) is 10.3. The molecule has 0 atom stereocenters. The van der Waals surface area contributed by atoms with Crippen molar-refractivity contribution >= 4 is 5.78 Å². The number of halogens is 1. The Bertz CT molecular complexity index is 484. The smallest absolute Gasteiger partial charge is 0.162 e. The topological polar surface area (TPSA) is 40.9 Å². The molecule has 1 aromatic rings. The van der Waals surface area contributed by atoms with Crippen LogP contribution in [0.3, 0.4) is 0 Å². The zero-order valence-corrected chi connectivity index (χ0v) is 10.3. The maximum Gasteiger partial charge on any atom is 0.162 e. The molecule has 1 aliphatic carbocycles. The number of rotatable bonds is 4. The van der Waals surface area contributed by atoms with Gasteiger partial charge in [0.05, 0.1) is 5.56 Å². The van der Waals surface area contributed by atoms with Gasteiger partial charge in [-0.1, -0.05) is 25.7 Å². The molecule has 94 valence electrons. The van der Waals surface area contributed by atoms with Gasteiger partial charge in [0.2, 0.25) is 0 Å². The van der Waals surface area contributed by atoms with Crippen molar-refractivity contribution in [3.05, 3.63) is 35.1 Å². The van der Waals surface area contributed by atoms with Gasteiger partial charge in [0.25, 0.3) is 0 Å². The molecule has 0 aliphatic heterocycles. The molecule has 0 heterocycles. The molecule has 0 radical (unpaired) electrons. The van der Waals surface area contributed by atoms with Crippen molar-refractivity contribution in [1.82, 2.24) is 0 Å². The van der Waals surface area contributed by atoms with Crippen LogP contribution in [0.2, 0.25) is 0 Å². The summed E-state index contributed by atoms with van der Waals surface area (Å²) in [7, 11) is 0. The van der Waals surface area contributed by atoms with E-state index in [1.165, 1.54) is 43.9 Å². The number of nitriles is 1. The van der Waals surface area contributed by atoms with E-state index in [0.29, 0.717) is 17.9 Å². The molecular weight excluding hydrogens is 229 g/mol. The first-order valence-electron chi connectivity index (χ1n) is 6.43. The van der Waals surface area contributed by atoms with E-state index in [1.807, 2.05) is 0 Å². The molecule has 0 N–H and O–H groups in total. The number of Topliss-reactive ketones (excluding diaryl/α,β-unsaturated/α-hetero) is 1. The van der Waals surface area contributed by atoms with Crippen LogP contribution in [-0.4, -0.2) is 5.78 Å². The van der Waals surface area contributed by atoms with Crippen molar-refractivity contribution in [1.29, 1.82) is 5.26 Å². The predicted molar refractivity (Wildman–Crippen MR) is 66.6 cm³/mol. The van der Waals surface area contributed by atoms with Crippen LogP contribution in [0.1, 0.15) is 54.4 Å². The third kappa shape index (κ3) is 2.95. The molecule has 2 rings (SSSR count). The van der Waals surface area contributed by atoms with Crippen molar-refractivity contribution in [2.75, 3.05) is 0 Å². The summed E-state index contributed by atoms with van der Waals surface area (Å²) in [6.07, 6.45) is 6.40. The van der Waals surface area contributed by atoms with Gasteiger partial charge in [0.1, 0.15) is 11.9 Å². The number of hydrogen-bond acceptors (Lipinski definition) is 2. The molecule has 1 aliphatic rings. The first-order valence-corrected chi connectivity index (χ1v) is 6.43. The number of benzene rings is 1. The molecule has 1 fully saturated rings. The lowest BCUT2D eigenvalue weighted by Gasteiger charge is -2.07. The minimum absolute atomic E-state index is 0.0124. The lowest BCUT2D eigenvalue weighted by atomic mass is 9.97. The van der Waals surface area contributed by atoms with Gasteiger partial charge in [-0.2, -0.15) is 5.26 Å². The molecule has 0 amide bonds. The fraction of sp³-hybridized carbons (Fsp3) is 0.467. The average molecular weight is 245 g/mol. The summed E-state index contributed by atoms with van der Waals surface area (Å²) in [5, 5.41) is 8.73. The third-order valence-electron chi connectivity index (χ3n) is 3.66. The van der Waals surface area contributed by atoms with Crippen LogP contribution in [0.5, 0.6) is 0 Å². The Morgan fingerprint density at radius 2 is 2.11 bits per heavy atom. The normalized spacial score (nSPS) is 15.6. The van der Waals surface area contributed by atoms with Crippen LogP contribution < -0.4 is 0 Å². The average Bonchev–Trinajstić information content (AvgIpc) is 2.89. The fourth-order valence-electron chi connectivity index (χ4n) is 2.56. The fourth-order valence-corrected chi connectivity index (χ4v) is 2.56. The van der Waals surface area contributed by atoms with Gasteiger partial charge in [-0.25, -0.2) is 4.39 Å². The molecule has 1 saturated carbocycles. The molecule has 0 unspecified atom stereocenters. The SMILES string of the molecule is N#Cc1cc(C(=O)CCC2CCCC2)ccc1F. The maximum atomic E-state index is 13.1. The van der Waals surface area contributed by atoms with E-state index in [9.17, 15) is 9.18 Å². The number of carbonyl (C=O) groups is 1. The Kier molecular flexibility index (Phi) is 4.09. The van der Waals surface area contributed by atoms with Gasteiger partial charge in [0, 0.05) is 12.0 Å². The lowest BCUT2D eigenvalue weighted by molar-refractivity contribution is 0.0974. The number of ketones is 1. The van der Waals surface area contributed by atoms with Gasteiger partial charge in [-0.3, -0.25) is 4.79 Å². The molecule has 3 heteroatoms. The molecule has 0 bridgehead atoms. The van der Waals surface area contributed by atoms with Crippen LogP contribution in [-0.2, 0) is 0 Å². The van der Waals surface area contributed by atoms with Crippen molar-refractivity contribution in [2.45, 2.75) is 38.5 Å². The second kappa shape index (κ2) is 5.77. The van der Waals surface area contributed by atoms with Gasteiger partial charge in [0.15, 0.2) is 5.78 Å². The van der Waals surface area contributed by atoms with E-state index in [-0.39, 0.29) is 11.3 Å². The summed E-state index contributed by atoms with van der Waals surface area (Å²) < 4.78 is 13.1. The van der Waals surface area contributed by atoms with Crippen molar-refractivity contribution in [3.63, 3.8) is 0 Å². The highest BCUT2D eigenvalue weighted by Crippen LogP contribution is 2.29. The van der Waals surface area contributed by atoms with E-state index >= 15 is 0 Å². The van der Waals surface area contributed by atoms with Crippen LogP contribution in [0.25, 0.3) is 0 Å². The first-order chi connectivity index (χ1) is 8.70. The summed E-state index contributed by atoms with van der Waals surface area (Å²) in [5.74, 6) is 0.119. The Morgan fingerprint density at radius 1 is 1.39 bits per heavy atom. The van der Waals surface area contributed by atoms with Crippen LogP contribution in [0.15, 0.2) is 18.2 Å². The second-order valence-electron chi connectivity index (χ2n) is 4.92. The van der Waals surface area contributed by atoms with E-state index in [0.717, 1.165) is 6.42 Å². The van der Waals surface area contributed by atoms with Crippen LogP contribution in [0.4, 0.5) is 4.39 Å². The summed E-state index contributed by atoms with van der Waals surface area (Å²) in [4.78, 5) is 11.9. The minimum atomic E-state index is -0.565. The van der Waals surface area contributed by atoms with Gasteiger partial charge in [-0.15, -0.1) is 0 Å². The zero-order chi connectivity index (χ0) is 13.0. The maximum absolute atomic E-state index is 13.1. The highest BCUT2D eigenvalue weighted by Gasteiger charge is 2.17. The molecule has 18 heavy (non-hydrogen) atoms. The molecular formula is C15H16FNO. The largest absolute Gasteiger partial charge is 0.294 e. The Hall–Kier alpha value is -1.69. The Labute approximate surface area is 106 Å².